The summed E-state index contributed by atoms with van der Waals surface area (Å²) in [5.41, 5.74) is 1.37. The van der Waals surface area contributed by atoms with Crippen molar-refractivity contribution in [1.29, 1.82) is 0 Å². The summed E-state index contributed by atoms with van der Waals surface area (Å²) < 4.78 is 0. The molecule has 4 aliphatic carbocycles. The maximum Gasteiger partial charge on any atom is 0.239 e. The SMILES string of the molecule is O=C(CN1CCSc2ccccc21)NC12CC3CC(CC(C3)C1)C2. The molecule has 1 N–H and O–H groups in total. The molecule has 128 valence electrons. The second-order valence-electron chi connectivity index (χ2n) is 8.48. The Morgan fingerprint density at radius 2 is 1.79 bits per heavy atom. The molecule has 0 aromatic heterocycles. The molecule has 1 heterocycles. The van der Waals surface area contributed by atoms with Crippen molar-refractivity contribution < 1.29 is 4.79 Å². The van der Waals surface area contributed by atoms with E-state index < -0.39 is 0 Å². The molecule has 0 saturated heterocycles. The topological polar surface area (TPSA) is 32.3 Å². The van der Waals surface area contributed by atoms with Crippen LogP contribution in [-0.4, -0.2) is 30.3 Å². The number of rotatable bonds is 3. The summed E-state index contributed by atoms with van der Waals surface area (Å²) in [5, 5.41) is 3.52. The molecule has 5 aliphatic rings. The van der Waals surface area contributed by atoms with Crippen molar-refractivity contribution in [2.75, 3.05) is 23.7 Å². The molecular formula is C20H26N2OS. The summed E-state index contributed by atoms with van der Waals surface area (Å²) >= 11 is 1.90. The van der Waals surface area contributed by atoms with Gasteiger partial charge < -0.3 is 10.2 Å². The summed E-state index contributed by atoms with van der Waals surface area (Å²) in [7, 11) is 0. The van der Waals surface area contributed by atoms with Crippen LogP contribution < -0.4 is 10.2 Å². The quantitative estimate of drug-likeness (QED) is 0.909. The number of fused-ring (bicyclic) bond motifs is 1. The molecule has 4 saturated carbocycles. The fourth-order valence-corrected chi connectivity index (χ4v) is 7.21. The normalized spacial score (nSPS) is 36.5. The van der Waals surface area contributed by atoms with E-state index in [-0.39, 0.29) is 11.4 Å². The van der Waals surface area contributed by atoms with Crippen molar-refractivity contribution in [3.63, 3.8) is 0 Å². The molecule has 3 nitrogen and oxygen atoms in total. The zero-order valence-electron chi connectivity index (χ0n) is 14.2. The van der Waals surface area contributed by atoms with Crippen LogP contribution >= 0.6 is 11.8 Å². The van der Waals surface area contributed by atoms with Gasteiger partial charge in [0.25, 0.3) is 0 Å². The third-order valence-corrected chi connectivity index (χ3v) is 7.64. The molecule has 0 unspecified atom stereocenters. The van der Waals surface area contributed by atoms with E-state index in [9.17, 15) is 4.79 Å². The Bertz CT molecular complexity index is 624. The van der Waals surface area contributed by atoms with E-state index in [1.807, 2.05) is 11.8 Å². The van der Waals surface area contributed by atoms with Crippen LogP contribution in [0.5, 0.6) is 0 Å². The molecule has 4 bridgehead atoms. The van der Waals surface area contributed by atoms with Crippen molar-refractivity contribution >= 4 is 23.4 Å². The number of anilines is 1. The lowest BCUT2D eigenvalue weighted by Crippen LogP contribution is -2.61. The van der Waals surface area contributed by atoms with Crippen molar-refractivity contribution in [2.45, 2.75) is 49.0 Å². The Hall–Kier alpha value is -1.16. The number of carbonyl (C=O) groups is 1. The zero-order chi connectivity index (χ0) is 16.1. The van der Waals surface area contributed by atoms with E-state index in [1.165, 1.54) is 49.1 Å². The van der Waals surface area contributed by atoms with Gasteiger partial charge in [0.05, 0.1) is 12.2 Å². The number of nitrogens with one attached hydrogen (secondary N) is 1. The second kappa shape index (κ2) is 5.69. The van der Waals surface area contributed by atoms with Gasteiger partial charge in [-0.15, -0.1) is 11.8 Å². The van der Waals surface area contributed by atoms with Crippen LogP contribution in [0, 0.1) is 17.8 Å². The van der Waals surface area contributed by atoms with E-state index in [2.05, 4.69) is 34.5 Å². The van der Waals surface area contributed by atoms with Crippen LogP contribution in [0.25, 0.3) is 0 Å². The lowest BCUT2D eigenvalue weighted by Gasteiger charge is -2.57. The largest absolute Gasteiger partial charge is 0.360 e. The van der Waals surface area contributed by atoms with Gasteiger partial charge in [0.1, 0.15) is 0 Å². The van der Waals surface area contributed by atoms with Gasteiger partial charge in [0, 0.05) is 22.7 Å². The Balaban J connectivity index is 1.29. The molecule has 6 rings (SSSR count). The predicted molar refractivity (Wildman–Crippen MR) is 98.4 cm³/mol. The first-order chi connectivity index (χ1) is 11.7. The van der Waals surface area contributed by atoms with Gasteiger partial charge >= 0.3 is 0 Å². The van der Waals surface area contributed by atoms with Crippen LogP contribution in [0.1, 0.15) is 38.5 Å². The maximum atomic E-state index is 12.8. The number of thioether (sulfide) groups is 1. The fraction of sp³-hybridized carbons (Fsp3) is 0.650. The molecule has 1 amide bonds. The van der Waals surface area contributed by atoms with Gasteiger partial charge in [0.2, 0.25) is 5.91 Å². The second-order valence-corrected chi connectivity index (χ2v) is 9.62. The predicted octanol–water partition coefficient (Wildman–Crippen LogP) is 3.68. The highest BCUT2D eigenvalue weighted by atomic mass is 32.2. The monoisotopic (exact) mass is 342 g/mol. The van der Waals surface area contributed by atoms with Crippen LogP contribution in [0.4, 0.5) is 5.69 Å². The lowest BCUT2D eigenvalue weighted by molar-refractivity contribution is -0.125. The van der Waals surface area contributed by atoms with Crippen molar-refractivity contribution in [1.82, 2.24) is 5.32 Å². The first-order valence-electron chi connectivity index (χ1n) is 9.47. The summed E-state index contributed by atoms with van der Waals surface area (Å²) in [4.78, 5) is 16.4. The number of carbonyl (C=O) groups excluding carboxylic acids is 1. The molecule has 1 aromatic carbocycles. The van der Waals surface area contributed by atoms with Crippen molar-refractivity contribution in [2.24, 2.45) is 17.8 Å². The summed E-state index contributed by atoms with van der Waals surface area (Å²) in [6, 6.07) is 8.49. The number of amides is 1. The zero-order valence-corrected chi connectivity index (χ0v) is 15.0. The third kappa shape index (κ3) is 2.63. The molecule has 4 fully saturated rings. The summed E-state index contributed by atoms with van der Waals surface area (Å²) in [6.45, 7) is 1.48. The van der Waals surface area contributed by atoms with Gasteiger partial charge in [-0.2, -0.15) is 0 Å². The van der Waals surface area contributed by atoms with Gasteiger partial charge in [-0.1, -0.05) is 12.1 Å². The van der Waals surface area contributed by atoms with Crippen LogP contribution in [0.3, 0.4) is 0 Å². The minimum absolute atomic E-state index is 0.135. The highest BCUT2D eigenvalue weighted by Gasteiger charge is 2.51. The molecular weight excluding hydrogens is 316 g/mol. The van der Waals surface area contributed by atoms with E-state index in [0.29, 0.717) is 6.54 Å². The average Bonchev–Trinajstić information content (AvgIpc) is 2.53. The van der Waals surface area contributed by atoms with Crippen molar-refractivity contribution in [3.8, 4) is 0 Å². The third-order valence-electron chi connectivity index (χ3n) is 6.60. The number of hydrogen-bond acceptors (Lipinski definition) is 3. The van der Waals surface area contributed by atoms with Gasteiger partial charge in [-0.25, -0.2) is 0 Å². The molecule has 0 radical (unpaired) electrons. The molecule has 0 atom stereocenters. The minimum atomic E-state index is 0.135. The van der Waals surface area contributed by atoms with E-state index in [0.717, 1.165) is 30.1 Å². The van der Waals surface area contributed by atoms with Crippen molar-refractivity contribution in [3.05, 3.63) is 24.3 Å². The molecule has 1 aliphatic heterocycles. The first-order valence-corrected chi connectivity index (χ1v) is 10.5. The Morgan fingerprint density at radius 1 is 1.12 bits per heavy atom. The van der Waals surface area contributed by atoms with Gasteiger partial charge in [-0.05, 0) is 68.4 Å². The standard InChI is InChI=1S/C20H26N2OS/c23-19(13-22-5-6-24-18-4-2-1-3-17(18)22)21-20-10-14-7-15(11-20)9-16(8-14)12-20/h1-4,14-16H,5-13H2,(H,21,23). The lowest BCUT2D eigenvalue weighted by atomic mass is 9.53. The number of nitrogens with zero attached hydrogens (tertiary/aromatic N) is 1. The van der Waals surface area contributed by atoms with Crippen LogP contribution in [-0.2, 0) is 4.79 Å². The Morgan fingerprint density at radius 3 is 2.50 bits per heavy atom. The summed E-state index contributed by atoms with van der Waals surface area (Å²) in [6.07, 6.45) is 7.97. The highest BCUT2D eigenvalue weighted by Crippen LogP contribution is 2.55. The van der Waals surface area contributed by atoms with E-state index >= 15 is 0 Å². The summed E-state index contributed by atoms with van der Waals surface area (Å²) in [5.74, 6) is 3.94. The molecule has 24 heavy (non-hydrogen) atoms. The van der Waals surface area contributed by atoms with Crippen LogP contribution in [0.15, 0.2) is 29.2 Å². The molecule has 4 heteroatoms. The van der Waals surface area contributed by atoms with E-state index in [1.54, 1.807) is 0 Å². The molecule has 0 spiro atoms. The first kappa shape index (κ1) is 15.1. The maximum absolute atomic E-state index is 12.8. The number of benzene rings is 1. The van der Waals surface area contributed by atoms with Crippen LogP contribution in [0.2, 0.25) is 0 Å². The Kier molecular flexibility index (Phi) is 3.58. The van der Waals surface area contributed by atoms with E-state index in [4.69, 9.17) is 0 Å². The van der Waals surface area contributed by atoms with Gasteiger partial charge in [0.15, 0.2) is 0 Å². The molecule has 1 aromatic rings. The Labute approximate surface area is 148 Å². The highest BCUT2D eigenvalue weighted by molar-refractivity contribution is 7.99. The number of para-hydroxylation sites is 1. The minimum Gasteiger partial charge on any atom is -0.360 e. The van der Waals surface area contributed by atoms with Gasteiger partial charge in [-0.3, -0.25) is 4.79 Å². The fourth-order valence-electron chi connectivity index (χ4n) is 6.16. The average molecular weight is 343 g/mol. The number of hydrogen-bond donors (Lipinski definition) is 1. The smallest absolute Gasteiger partial charge is 0.239 e.